The highest BCUT2D eigenvalue weighted by Gasteiger charge is 2.35. The third-order valence-electron chi connectivity index (χ3n) is 3.54. The summed E-state index contributed by atoms with van der Waals surface area (Å²) < 4.78 is 0. The number of rotatable bonds is 11. The van der Waals surface area contributed by atoms with Gasteiger partial charge in [-0.1, -0.05) is 40.0 Å². The van der Waals surface area contributed by atoms with E-state index in [0.29, 0.717) is 0 Å². The highest BCUT2D eigenvalue weighted by atomic mass is 35.5. The van der Waals surface area contributed by atoms with Crippen molar-refractivity contribution in [2.75, 3.05) is 38.9 Å². The molecular weight excluding hydrogens is 261 g/mol. The number of hydrogen-bond acceptors (Lipinski definition) is 1. The summed E-state index contributed by atoms with van der Waals surface area (Å²) in [6.45, 7) is 7.01. The molecule has 0 atom stereocenters. The fourth-order valence-electron chi connectivity index (χ4n) is 2.63. The van der Waals surface area contributed by atoms with Crippen LogP contribution >= 0.6 is 7.26 Å². The molecule has 0 rings (SSSR count). The molecule has 3 heteroatoms. The molecule has 0 heterocycles. The van der Waals surface area contributed by atoms with E-state index >= 15 is 0 Å². The summed E-state index contributed by atoms with van der Waals surface area (Å²) in [7, 11) is 3.85. The lowest BCUT2D eigenvalue weighted by atomic mass is 10.4. The average Bonchev–Trinajstić information content (AvgIpc) is 2.30. The largest absolute Gasteiger partial charge is 1.00 e. The quantitative estimate of drug-likeness (QED) is 0.527. The molecule has 0 bridgehead atoms. The minimum atomic E-state index is -0.676. The maximum atomic E-state index is 2.45. The van der Waals surface area contributed by atoms with Crippen molar-refractivity contribution in [2.45, 2.75) is 59.3 Å². The maximum Gasteiger partial charge on any atom is 0.111 e. The van der Waals surface area contributed by atoms with Gasteiger partial charge in [0.1, 0.15) is 6.29 Å². The van der Waals surface area contributed by atoms with Gasteiger partial charge in [0, 0.05) is 7.26 Å². The molecule has 0 amide bonds. The van der Waals surface area contributed by atoms with Crippen LogP contribution in [-0.4, -0.2) is 43.8 Å². The summed E-state index contributed by atoms with van der Waals surface area (Å²) in [5.74, 6) is 0. The van der Waals surface area contributed by atoms with Gasteiger partial charge >= 0.3 is 0 Å². The molecule has 0 saturated heterocycles. The first-order chi connectivity index (χ1) is 8.10. The van der Waals surface area contributed by atoms with Crippen LogP contribution in [0.3, 0.4) is 0 Å². The maximum absolute atomic E-state index is 2.45. The van der Waals surface area contributed by atoms with Crippen molar-refractivity contribution in [3.63, 3.8) is 0 Å². The lowest BCUT2D eigenvalue weighted by Crippen LogP contribution is -3.00. The highest BCUT2D eigenvalue weighted by Crippen LogP contribution is 2.60. The molecule has 1 nitrogen and oxygen atoms in total. The fraction of sp³-hybridized carbons (Fsp3) is 1.00. The third kappa shape index (κ3) is 9.59. The number of nitrogens with zero attached hydrogens (tertiary/aromatic N) is 1. The summed E-state index contributed by atoms with van der Waals surface area (Å²) in [5, 5.41) is 0. The Morgan fingerprint density at radius 1 is 0.722 bits per heavy atom. The van der Waals surface area contributed by atoms with Crippen LogP contribution in [0.1, 0.15) is 59.3 Å². The summed E-state index contributed by atoms with van der Waals surface area (Å²) in [6, 6.07) is 0. The van der Waals surface area contributed by atoms with E-state index in [9.17, 15) is 0 Å². The van der Waals surface area contributed by atoms with Gasteiger partial charge in [0.05, 0.1) is 18.5 Å². The van der Waals surface area contributed by atoms with Crippen LogP contribution in [0, 0.1) is 0 Å². The van der Waals surface area contributed by atoms with E-state index in [0.717, 1.165) is 0 Å². The number of hydrogen-bond donors (Lipinski definition) is 0. The Morgan fingerprint density at radius 3 is 1.28 bits per heavy atom. The highest BCUT2D eigenvalue weighted by molar-refractivity contribution is 7.75. The second kappa shape index (κ2) is 12.7. The van der Waals surface area contributed by atoms with Crippen LogP contribution in [-0.2, 0) is 0 Å². The summed E-state index contributed by atoms with van der Waals surface area (Å²) in [5.41, 5.74) is 0. The molecule has 0 aliphatic rings. The van der Waals surface area contributed by atoms with Crippen LogP contribution in [0.15, 0.2) is 0 Å². The topological polar surface area (TPSA) is 3.24 Å². The van der Waals surface area contributed by atoms with Gasteiger partial charge in [-0.15, -0.1) is 0 Å². The SMILES string of the molecule is CCCC[P+](CCCC)(CCCC)CN(C)C.[Cl-]. The van der Waals surface area contributed by atoms with Crippen LogP contribution in [0.4, 0.5) is 0 Å². The molecule has 0 N–H and O–H groups in total. The molecule has 0 spiro atoms. The van der Waals surface area contributed by atoms with Crippen molar-refractivity contribution in [3.05, 3.63) is 0 Å². The molecule has 0 aromatic heterocycles. The molecule has 0 aliphatic heterocycles. The summed E-state index contributed by atoms with van der Waals surface area (Å²) in [6.07, 6.45) is 14.5. The Labute approximate surface area is 123 Å². The van der Waals surface area contributed by atoms with Crippen LogP contribution in [0.25, 0.3) is 0 Å². The van der Waals surface area contributed by atoms with E-state index < -0.39 is 7.26 Å². The predicted octanol–water partition coefficient (Wildman–Crippen LogP) is 1.93. The zero-order chi connectivity index (χ0) is 13.1. The average molecular weight is 296 g/mol. The molecule has 0 saturated carbocycles. The van der Waals surface area contributed by atoms with Gasteiger partial charge in [-0.25, -0.2) is 0 Å². The molecule has 112 valence electrons. The molecule has 0 aromatic carbocycles. The van der Waals surface area contributed by atoms with Gasteiger partial charge < -0.3 is 12.4 Å². The summed E-state index contributed by atoms with van der Waals surface area (Å²) >= 11 is 0. The lowest BCUT2D eigenvalue weighted by molar-refractivity contribution is -0.00000412. The molecule has 0 fully saturated rings. The second-order valence-corrected chi connectivity index (χ2v) is 10.1. The minimum absolute atomic E-state index is 0. The van der Waals surface area contributed by atoms with E-state index in [2.05, 4.69) is 39.8 Å². The van der Waals surface area contributed by atoms with Crippen LogP contribution < -0.4 is 12.4 Å². The zero-order valence-corrected chi connectivity index (χ0v) is 15.0. The standard InChI is InChI=1S/C15H35NP.ClH/c1-6-9-12-17(13-10-7-2,14-11-8-3)15-16(4)5;/h6-15H2,1-5H3;1H/q+1;/p-1. The van der Waals surface area contributed by atoms with Crippen molar-refractivity contribution in [1.82, 2.24) is 4.90 Å². The van der Waals surface area contributed by atoms with Gasteiger partial charge in [0.15, 0.2) is 0 Å². The van der Waals surface area contributed by atoms with E-state index in [1.807, 2.05) is 0 Å². The monoisotopic (exact) mass is 295 g/mol. The normalized spacial score (nSPS) is 11.7. The van der Waals surface area contributed by atoms with Crippen molar-refractivity contribution in [1.29, 1.82) is 0 Å². The van der Waals surface area contributed by atoms with Gasteiger partial charge in [-0.2, -0.15) is 0 Å². The van der Waals surface area contributed by atoms with Gasteiger partial charge in [0.2, 0.25) is 0 Å². The smallest absolute Gasteiger partial charge is 0.111 e. The van der Waals surface area contributed by atoms with Crippen molar-refractivity contribution in [2.24, 2.45) is 0 Å². The Kier molecular flexibility index (Phi) is 14.8. The van der Waals surface area contributed by atoms with E-state index in [-0.39, 0.29) is 12.4 Å². The molecule has 0 aromatic rings. The number of halogens is 1. The van der Waals surface area contributed by atoms with E-state index in [1.54, 1.807) is 18.5 Å². The Morgan fingerprint density at radius 2 is 1.06 bits per heavy atom. The van der Waals surface area contributed by atoms with Gasteiger partial charge in [-0.3, -0.25) is 4.90 Å². The first kappa shape index (κ1) is 21.0. The molecule has 0 radical (unpaired) electrons. The van der Waals surface area contributed by atoms with Crippen molar-refractivity contribution >= 4 is 7.26 Å². The summed E-state index contributed by atoms with van der Waals surface area (Å²) in [4.78, 5) is 2.45. The molecule has 18 heavy (non-hydrogen) atoms. The molecule has 0 unspecified atom stereocenters. The van der Waals surface area contributed by atoms with Gasteiger partial charge in [-0.05, 0) is 33.4 Å². The lowest BCUT2D eigenvalue weighted by Gasteiger charge is -2.30. The van der Waals surface area contributed by atoms with Crippen LogP contribution in [0.2, 0.25) is 0 Å². The minimum Gasteiger partial charge on any atom is -1.00 e. The first-order valence-electron chi connectivity index (χ1n) is 7.60. The Hall–Kier alpha value is 0.680. The van der Waals surface area contributed by atoms with Crippen molar-refractivity contribution in [3.8, 4) is 0 Å². The third-order valence-corrected chi connectivity index (χ3v) is 8.50. The number of unbranched alkanes of at least 4 members (excludes halogenated alkanes) is 3. The van der Waals surface area contributed by atoms with E-state index in [4.69, 9.17) is 0 Å². The predicted molar refractivity (Wildman–Crippen MR) is 84.8 cm³/mol. The van der Waals surface area contributed by atoms with Crippen LogP contribution in [0.5, 0.6) is 0 Å². The Balaban J connectivity index is 0. The van der Waals surface area contributed by atoms with Crippen molar-refractivity contribution < 1.29 is 12.4 Å². The molecular formula is C15H35ClNP. The second-order valence-electron chi connectivity index (χ2n) is 5.79. The van der Waals surface area contributed by atoms with Gasteiger partial charge in [0.25, 0.3) is 0 Å². The first-order valence-corrected chi connectivity index (χ1v) is 10.1. The zero-order valence-electron chi connectivity index (χ0n) is 13.3. The fourth-order valence-corrected chi connectivity index (χ4v) is 7.88. The Bertz CT molecular complexity index is 152. The molecule has 0 aliphatic carbocycles. The van der Waals surface area contributed by atoms with E-state index in [1.165, 1.54) is 44.8 Å².